The van der Waals surface area contributed by atoms with Crippen molar-refractivity contribution >= 4 is 44.9 Å². The number of hydrogen-bond donors (Lipinski definition) is 1. The van der Waals surface area contributed by atoms with Crippen LogP contribution in [-0.2, 0) is 0 Å². The van der Waals surface area contributed by atoms with Gasteiger partial charge >= 0.3 is 0 Å². The molecule has 0 saturated heterocycles. The van der Waals surface area contributed by atoms with E-state index in [1.165, 1.54) is 22.7 Å². The third kappa shape index (κ3) is 2.78. The minimum atomic E-state index is -0.205. The number of nitrogens with one attached hydrogen (secondary N) is 1. The first-order valence-corrected chi connectivity index (χ1v) is 9.43. The van der Waals surface area contributed by atoms with E-state index in [-0.39, 0.29) is 11.9 Å². The first-order chi connectivity index (χ1) is 11.2. The minimum absolute atomic E-state index is 0.194. The highest BCUT2D eigenvalue weighted by Gasteiger charge is 2.17. The van der Waals surface area contributed by atoms with E-state index in [1.54, 1.807) is 26.7 Å². The van der Waals surface area contributed by atoms with E-state index in [0.29, 0.717) is 5.69 Å². The van der Waals surface area contributed by atoms with Crippen molar-refractivity contribution in [3.8, 4) is 9.88 Å². The summed E-state index contributed by atoms with van der Waals surface area (Å²) in [5.41, 5.74) is 2.95. The molecule has 0 unspecified atom stereocenters. The third-order valence-corrected chi connectivity index (χ3v) is 5.84. The van der Waals surface area contributed by atoms with Crippen LogP contribution < -0.4 is 5.32 Å². The van der Waals surface area contributed by atoms with Gasteiger partial charge in [0.25, 0.3) is 5.91 Å². The smallest absolute Gasteiger partial charge is 0.271 e. The molecule has 0 aliphatic rings. The summed E-state index contributed by atoms with van der Waals surface area (Å²) in [6.45, 7) is 1.90. The number of aromatic nitrogens is 4. The molecule has 116 valence electrons. The molecular weight excluding hydrogens is 350 g/mol. The Morgan fingerprint density at radius 1 is 1.30 bits per heavy atom. The lowest BCUT2D eigenvalue weighted by molar-refractivity contribution is 0.0935. The molecule has 4 rings (SSSR count). The summed E-state index contributed by atoms with van der Waals surface area (Å²) in [4.78, 5) is 23.1. The van der Waals surface area contributed by atoms with Gasteiger partial charge in [0, 0.05) is 5.38 Å². The van der Waals surface area contributed by atoms with Crippen LogP contribution in [-0.4, -0.2) is 25.5 Å². The van der Waals surface area contributed by atoms with Gasteiger partial charge < -0.3 is 5.32 Å². The Morgan fingerprint density at radius 3 is 3.00 bits per heavy atom. The van der Waals surface area contributed by atoms with E-state index in [2.05, 4.69) is 20.4 Å². The fourth-order valence-corrected chi connectivity index (χ4v) is 4.32. The molecule has 0 bridgehead atoms. The fraction of sp³-hybridized carbons (Fsp3) is 0.143. The topological polar surface area (TPSA) is 72.2 Å². The number of imidazole rings is 1. The molecule has 1 amide bonds. The van der Waals surface area contributed by atoms with Crippen LogP contribution in [0, 0.1) is 0 Å². The maximum Gasteiger partial charge on any atom is 0.271 e. The standard InChI is InChI=1S/C14H11N5OS3/c1-8(9-5-19-14(18-9)23-7-15-19)16-12(20)10-6-22-13(17-10)11-3-2-4-21-11/h2-8H,1H3,(H,16,20)/t8-/m0/s1. The molecule has 0 saturated carbocycles. The van der Waals surface area contributed by atoms with Crippen molar-refractivity contribution in [3.05, 3.63) is 46.0 Å². The summed E-state index contributed by atoms with van der Waals surface area (Å²) in [6, 6.07) is 3.77. The predicted molar refractivity (Wildman–Crippen MR) is 92.2 cm³/mol. The van der Waals surface area contributed by atoms with Crippen LogP contribution >= 0.6 is 34.0 Å². The summed E-state index contributed by atoms with van der Waals surface area (Å²) in [7, 11) is 0. The van der Waals surface area contributed by atoms with Crippen LogP contribution in [0.3, 0.4) is 0 Å². The highest BCUT2D eigenvalue weighted by Crippen LogP contribution is 2.28. The molecule has 4 aromatic heterocycles. The van der Waals surface area contributed by atoms with Crippen LogP contribution in [0.2, 0.25) is 0 Å². The quantitative estimate of drug-likeness (QED) is 0.604. The first kappa shape index (κ1) is 14.5. The second-order valence-corrected chi connectivity index (χ2v) is 7.46. The monoisotopic (exact) mass is 361 g/mol. The lowest BCUT2D eigenvalue weighted by Gasteiger charge is -2.09. The number of fused-ring (bicyclic) bond motifs is 1. The van der Waals surface area contributed by atoms with Gasteiger partial charge in [0.1, 0.15) is 16.2 Å². The molecule has 4 aromatic rings. The summed E-state index contributed by atoms with van der Waals surface area (Å²) < 4.78 is 1.71. The third-order valence-electron chi connectivity index (χ3n) is 3.26. The van der Waals surface area contributed by atoms with Crippen molar-refractivity contribution < 1.29 is 4.79 Å². The second kappa shape index (κ2) is 5.84. The molecule has 0 radical (unpaired) electrons. The molecule has 0 aliphatic heterocycles. The Labute approximate surface area is 143 Å². The Hall–Kier alpha value is -2.10. The fourth-order valence-electron chi connectivity index (χ4n) is 2.10. The van der Waals surface area contributed by atoms with E-state index >= 15 is 0 Å². The van der Waals surface area contributed by atoms with Crippen molar-refractivity contribution in [2.45, 2.75) is 13.0 Å². The molecule has 1 atom stereocenters. The number of carbonyl (C=O) groups is 1. The average Bonchev–Trinajstić information content (AvgIpc) is 3.28. The van der Waals surface area contributed by atoms with Crippen LogP contribution in [0.15, 0.2) is 34.6 Å². The maximum absolute atomic E-state index is 12.4. The van der Waals surface area contributed by atoms with Crippen LogP contribution in [0.25, 0.3) is 14.8 Å². The molecule has 0 aliphatic carbocycles. The van der Waals surface area contributed by atoms with Gasteiger partial charge in [0.15, 0.2) is 0 Å². The molecule has 0 spiro atoms. The molecule has 1 N–H and O–H groups in total. The lowest BCUT2D eigenvalue weighted by atomic mass is 10.2. The average molecular weight is 361 g/mol. The first-order valence-electron chi connectivity index (χ1n) is 6.80. The van der Waals surface area contributed by atoms with Crippen molar-refractivity contribution in [2.75, 3.05) is 0 Å². The molecule has 0 fully saturated rings. The van der Waals surface area contributed by atoms with Crippen LogP contribution in [0.1, 0.15) is 29.1 Å². The number of rotatable bonds is 4. The van der Waals surface area contributed by atoms with Gasteiger partial charge in [-0.3, -0.25) is 4.79 Å². The SMILES string of the molecule is C[C@H](NC(=O)c1csc(-c2cccs2)n1)c1cn2ncsc2n1. The van der Waals surface area contributed by atoms with Gasteiger partial charge in [-0.15, -0.1) is 22.7 Å². The van der Waals surface area contributed by atoms with Gasteiger partial charge in [-0.2, -0.15) is 5.10 Å². The Kier molecular flexibility index (Phi) is 3.68. The molecule has 4 heterocycles. The maximum atomic E-state index is 12.4. The molecule has 6 nitrogen and oxygen atoms in total. The number of amides is 1. The van der Waals surface area contributed by atoms with E-state index in [0.717, 1.165) is 20.5 Å². The zero-order valence-electron chi connectivity index (χ0n) is 12.0. The van der Waals surface area contributed by atoms with Crippen LogP contribution in [0.4, 0.5) is 0 Å². The molecule has 9 heteroatoms. The summed E-state index contributed by atoms with van der Waals surface area (Å²) in [5.74, 6) is -0.194. The van der Waals surface area contributed by atoms with E-state index in [1.807, 2.05) is 30.6 Å². The molecule has 23 heavy (non-hydrogen) atoms. The number of thiazole rings is 1. The highest BCUT2D eigenvalue weighted by molar-refractivity contribution is 7.20. The van der Waals surface area contributed by atoms with Gasteiger partial charge in [0.2, 0.25) is 4.96 Å². The lowest BCUT2D eigenvalue weighted by Crippen LogP contribution is -2.27. The minimum Gasteiger partial charge on any atom is -0.343 e. The highest BCUT2D eigenvalue weighted by atomic mass is 32.1. The Morgan fingerprint density at radius 2 is 2.22 bits per heavy atom. The summed E-state index contributed by atoms with van der Waals surface area (Å²) in [6.07, 6.45) is 1.83. The zero-order chi connectivity index (χ0) is 15.8. The largest absolute Gasteiger partial charge is 0.343 e. The van der Waals surface area contributed by atoms with Crippen molar-refractivity contribution in [1.82, 2.24) is 24.9 Å². The van der Waals surface area contributed by atoms with E-state index in [4.69, 9.17) is 0 Å². The summed E-state index contributed by atoms with van der Waals surface area (Å²) in [5, 5.41) is 11.7. The van der Waals surface area contributed by atoms with Crippen molar-refractivity contribution in [3.63, 3.8) is 0 Å². The summed E-state index contributed by atoms with van der Waals surface area (Å²) >= 11 is 4.55. The number of carbonyl (C=O) groups excluding carboxylic acids is 1. The number of hydrogen-bond acceptors (Lipinski definition) is 7. The zero-order valence-corrected chi connectivity index (χ0v) is 14.4. The van der Waals surface area contributed by atoms with E-state index in [9.17, 15) is 4.79 Å². The van der Waals surface area contributed by atoms with Gasteiger partial charge in [-0.05, 0) is 18.4 Å². The van der Waals surface area contributed by atoms with Crippen LogP contribution in [0.5, 0.6) is 0 Å². The number of nitrogens with zero attached hydrogens (tertiary/aromatic N) is 4. The normalized spacial score (nSPS) is 12.6. The predicted octanol–water partition coefficient (Wildman–Crippen LogP) is 3.47. The molecular formula is C14H11N5OS3. The Bertz CT molecular complexity index is 924. The second-order valence-electron chi connectivity index (χ2n) is 4.84. The van der Waals surface area contributed by atoms with Crippen molar-refractivity contribution in [1.29, 1.82) is 0 Å². The number of thiophene rings is 1. The van der Waals surface area contributed by atoms with Gasteiger partial charge in [-0.25, -0.2) is 14.5 Å². The van der Waals surface area contributed by atoms with Gasteiger partial charge in [-0.1, -0.05) is 17.4 Å². The van der Waals surface area contributed by atoms with Crippen molar-refractivity contribution in [2.24, 2.45) is 0 Å². The van der Waals surface area contributed by atoms with E-state index < -0.39 is 0 Å². The molecule has 0 aromatic carbocycles. The van der Waals surface area contributed by atoms with Gasteiger partial charge in [0.05, 0.1) is 22.8 Å². The Balaban J connectivity index is 1.50.